The molecule has 1 aromatic heterocycles. The third-order valence-electron chi connectivity index (χ3n) is 6.61. The van der Waals surface area contributed by atoms with Crippen molar-refractivity contribution in [2.75, 3.05) is 7.11 Å². The summed E-state index contributed by atoms with van der Waals surface area (Å²) in [5.74, 6) is 0.0958. The van der Waals surface area contributed by atoms with Crippen LogP contribution in [0.15, 0.2) is 73.1 Å². The first-order chi connectivity index (χ1) is 17.7. The minimum Gasteiger partial charge on any atom is -0.497 e. The third kappa shape index (κ3) is 5.05. The number of imidazole rings is 1. The molecule has 2 heterocycles. The zero-order chi connectivity index (χ0) is 26.2. The van der Waals surface area contributed by atoms with E-state index in [0.29, 0.717) is 30.0 Å². The van der Waals surface area contributed by atoms with E-state index < -0.39 is 11.9 Å². The summed E-state index contributed by atoms with van der Waals surface area (Å²) < 4.78 is 22.6. The highest BCUT2D eigenvalue weighted by atomic mass is 19.1. The molecule has 0 fully saturated rings. The lowest BCUT2D eigenvalue weighted by molar-refractivity contribution is 0.0920. The summed E-state index contributed by atoms with van der Waals surface area (Å²) in [6.07, 6.45) is 1.64. The van der Waals surface area contributed by atoms with Gasteiger partial charge in [0.25, 0.3) is 0 Å². The number of halogens is 1. The van der Waals surface area contributed by atoms with Gasteiger partial charge in [-0.1, -0.05) is 36.4 Å². The fourth-order valence-electron chi connectivity index (χ4n) is 4.64. The maximum Gasteiger partial charge on any atom is 0.203 e. The van der Waals surface area contributed by atoms with Crippen molar-refractivity contribution in [3.05, 3.63) is 101 Å². The SMILES string of the molecule is COc1ccc(-n2cnc3c2C(=O)C(c2ccc(-c4ccccc4CNC(C)(C)C)cc2F)NC3)cc1. The molecule has 190 valence electrons. The highest BCUT2D eigenvalue weighted by Gasteiger charge is 2.34. The first-order valence-electron chi connectivity index (χ1n) is 12.4. The molecule has 6 nitrogen and oxygen atoms in total. The Morgan fingerprint density at radius 3 is 2.57 bits per heavy atom. The Morgan fingerprint density at radius 1 is 1.11 bits per heavy atom. The molecule has 0 aliphatic carbocycles. The topological polar surface area (TPSA) is 68.2 Å². The van der Waals surface area contributed by atoms with Crippen LogP contribution >= 0.6 is 0 Å². The van der Waals surface area contributed by atoms with Crippen LogP contribution in [-0.2, 0) is 13.1 Å². The zero-order valence-corrected chi connectivity index (χ0v) is 21.5. The molecule has 0 saturated heterocycles. The summed E-state index contributed by atoms with van der Waals surface area (Å²) >= 11 is 0. The highest BCUT2D eigenvalue weighted by molar-refractivity contribution is 6.01. The molecule has 0 amide bonds. The molecule has 0 bridgehead atoms. The predicted octanol–water partition coefficient (Wildman–Crippen LogP) is 5.60. The fourth-order valence-corrected chi connectivity index (χ4v) is 4.64. The van der Waals surface area contributed by atoms with Gasteiger partial charge in [-0.25, -0.2) is 9.37 Å². The van der Waals surface area contributed by atoms with E-state index in [2.05, 4.69) is 36.4 Å². The maximum atomic E-state index is 15.6. The van der Waals surface area contributed by atoms with Gasteiger partial charge in [-0.3, -0.25) is 14.7 Å². The molecule has 0 saturated carbocycles. The monoisotopic (exact) mass is 498 g/mol. The van der Waals surface area contributed by atoms with Crippen molar-refractivity contribution < 1.29 is 13.9 Å². The lowest BCUT2D eigenvalue weighted by Gasteiger charge is -2.25. The molecule has 7 heteroatoms. The molecule has 1 aliphatic rings. The lowest BCUT2D eigenvalue weighted by atomic mass is 9.92. The van der Waals surface area contributed by atoms with Gasteiger partial charge in [0.05, 0.1) is 12.8 Å². The molecule has 5 rings (SSSR count). The number of carbonyl (C=O) groups is 1. The van der Waals surface area contributed by atoms with Crippen LogP contribution in [0.3, 0.4) is 0 Å². The average molecular weight is 499 g/mol. The average Bonchev–Trinajstić information content (AvgIpc) is 3.33. The van der Waals surface area contributed by atoms with Crippen LogP contribution in [0.4, 0.5) is 4.39 Å². The molecule has 2 N–H and O–H groups in total. The number of rotatable bonds is 6. The van der Waals surface area contributed by atoms with Gasteiger partial charge < -0.3 is 10.1 Å². The van der Waals surface area contributed by atoms with Crippen LogP contribution in [0.1, 0.15) is 54.1 Å². The first kappa shape index (κ1) is 24.9. The van der Waals surface area contributed by atoms with Gasteiger partial charge in [0.15, 0.2) is 0 Å². The first-order valence-corrected chi connectivity index (χ1v) is 12.4. The molecule has 1 atom stereocenters. The van der Waals surface area contributed by atoms with Crippen LogP contribution in [0.2, 0.25) is 0 Å². The maximum absolute atomic E-state index is 15.6. The Hall–Kier alpha value is -3.81. The Labute approximate surface area is 216 Å². The Balaban J connectivity index is 1.44. The number of hydrogen-bond acceptors (Lipinski definition) is 5. The van der Waals surface area contributed by atoms with E-state index in [0.717, 1.165) is 28.1 Å². The predicted molar refractivity (Wildman–Crippen MR) is 142 cm³/mol. The molecular weight excluding hydrogens is 467 g/mol. The summed E-state index contributed by atoms with van der Waals surface area (Å²) in [5, 5.41) is 6.68. The van der Waals surface area contributed by atoms with Gasteiger partial charge in [0.2, 0.25) is 5.78 Å². The van der Waals surface area contributed by atoms with Crippen LogP contribution in [0.5, 0.6) is 5.75 Å². The number of Topliss-reactive ketones (excluding diaryl/α,β-unsaturated/α-hetero) is 1. The van der Waals surface area contributed by atoms with Crippen molar-refractivity contribution in [1.82, 2.24) is 20.2 Å². The quantitative estimate of drug-likeness (QED) is 0.362. The number of nitrogens with one attached hydrogen (secondary N) is 2. The van der Waals surface area contributed by atoms with Gasteiger partial charge in [0.1, 0.15) is 29.6 Å². The molecule has 1 unspecified atom stereocenters. The standard InChI is InChI=1S/C30H31FN4O2/c1-30(2,3)34-16-20-7-5-6-8-23(20)19-9-14-24(25(31)15-19)27-29(36)28-26(17-32-27)33-18-35(28)21-10-12-22(37-4)13-11-21/h5-15,18,27,32,34H,16-17H2,1-4H3. The minimum atomic E-state index is -0.798. The van der Waals surface area contributed by atoms with E-state index in [1.165, 1.54) is 6.07 Å². The van der Waals surface area contributed by atoms with E-state index >= 15 is 4.39 Å². The van der Waals surface area contributed by atoms with Gasteiger partial charge >= 0.3 is 0 Å². The molecule has 0 radical (unpaired) electrons. The summed E-state index contributed by atoms with van der Waals surface area (Å²) in [5.41, 5.74) is 5.03. The molecule has 37 heavy (non-hydrogen) atoms. The van der Waals surface area contributed by atoms with E-state index in [-0.39, 0.29) is 11.3 Å². The number of ether oxygens (including phenoxy) is 1. The summed E-state index contributed by atoms with van der Waals surface area (Å²) in [6, 6.07) is 19.7. The fraction of sp³-hybridized carbons (Fsp3) is 0.267. The third-order valence-corrected chi connectivity index (χ3v) is 6.61. The number of aromatic nitrogens is 2. The number of benzene rings is 3. The summed E-state index contributed by atoms with van der Waals surface area (Å²) in [7, 11) is 1.61. The number of fused-ring (bicyclic) bond motifs is 1. The Kier molecular flexibility index (Phi) is 6.67. The minimum absolute atomic E-state index is 0.0353. The van der Waals surface area contributed by atoms with Gasteiger partial charge in [-0.05, 0) is 67.8 Å². The molecule has 1 aliphatic heterocycles. The van der Waals surface area contributed by atoms with Gasteiger partial charge in [0, 0.05) is 29.9 Å². The van der Waals surface area contributed by atoms with Crippen LogP contribution in [-0.4, -0.2) is 28.0 Å². The van der Waals surface area contributed by atoms with E-state index in [9.17, 15) is 4.79 Å². The molecule has 0 spiro atoms. The van der Waals surface area contributed by atoms with E-state index in [1.54, 1.807) is 24.1 Å². The summed E-state index contributed by atoms with van der Waals surface area (Å²) in [4.78, 5) is 18.0. The number of ketones is 1. The number of carbonyl (C=O) groups excluding carboxylic acids is 1. The van der Waals surface area contributed by atoms with Crippen molar-refractivity contribution in [3.8, 4) is 22.6 Å². The van der Waals surface area contributed by atoms with Crippen LogP contribution < -0.4 is 15.4 Å². The molecular formula is C30H31FN4O2. The van der Waals surface area contributed by atoms with Crippen LogP contribution in [0.25, 0.3) is 16.8 Å². The number of methoxy groups -OCH3 is 1. The van der Waals surface area contributed by atoms with Crippen molar-refractivity contribution in [3.63, 3.8) is 0 Å². The second-order valence-corrected chi connectivity index (χ2v) is 10.3. The second kappa shape index (κ2) is 9.92. The second-order valence-electron chi connectivity index (χ2n) is 10.3. The normalized spacial score (nSPS) is 15.5. The van der Waals surface area contributed by atoms with Crippen molar-refractivity contribution >= 4 is 5.78 Å². The Morgan fingerprint density at radius 2 is 1.86 bits per heavy atom. The van der Waals surface area contributed by atoms with E-state index in [4.69, 9.17) is 4.74 Å². The van der Waals surface area contributed by atoms with E-state index in [1.807, 2.05) is 54.6 Å². The molecule has 4 aromatic rings. The largest absolute Gasteiger partial charge is 0.497 e. The van der Waals surface area contributed by atoms with Crippen molar-refractivity contribution in [1.29, 1.82) is 0 Å². The zero-order valence-electron chi connectivity index (χ0n) is 21.5. The number of nitrogens with zero attached hydrogens (tertiary/aromatic N) is 2. The molecule has 3 aromatic carbocycles. The smallest absolute Gasteiger partial charge is 0.203 e. The van der Waals surface area contributed by atoms with Crippen LogP contribution in [0, 0.1) is 5.82 Å². The van der Waals surface area contributed by atoms with Gasteiger partial charge in [-0.15, -0.1) is 0 Å². The lowest BCUT2D eigenvalue weighted by Crippen LogP contribution is -2.36. The Bertz CT molecular complexity index is 1440. The van der Waals surface area contributed by atoms with Crippen molar-refractivity contribution in [2.45, 2.75) is 45.4 Å². The highest BCUT2D eigenvalue weighted by Crippen LogP contribution is 2.32. The van der Waals surface area contributed by atoms with Gasteiger partial charge in [-0.2, -0.15) is 0 Å². The summed E-state index contributed by atoms with van der Waals surface area (Å²) in [6.45, 7) is 7.39. The van der Waals surface area contributed by atoms with Crippen molar-refractivity contribution in [2.24, 2.45) is 0 Å². The number of hydrogen-bond donors (Lipinski definition) is 2.